The van der Waals surface area contributed by atoms with Crippen LogP contribution in [0.25, 0.3) is 0 Å². The van der Waals surface area contributed by atoms with Gasteiger partial charge in [-0.3, -0.25) is 9.36 Å². The van der Waals surface area contributed by atoms with Crippen LogP contribution in [-0.2, 0) is 21.5 Å². The van der Waals surface area contributed by atoms with Crippen LogP contribution in [0.2, 0.25) is 0 Å². The average molecular weight is 403 g/mol. The van der Waals surface area contributed by atoms with E-state index in [1.54, 1.807) is 0 Å². The molecule has 7 N–H and O–H groups in total. The number of nitrogens with zero attached hydrogens (tertiary/aromatic N) is 4. The fourth-order valence-corrected chi connectivity index (χ4v) is 3.48. The zero-order chi connectivity index (χ0) is 21.2. The maximum absolute atomic E-state index is 12.2. The quantitative estimate of drug-likeness (QED) is 0.324. The number of nitrogens with two attached hydrogens (primary N) is 2. The van der Waals surface area contributed by atoms with E-state index in [2.05, 4.69) is 15.0 Å². The van der Waals surface area contributed by atoms with Crippen molar-refractivity contribution in [2.24, 2.45) is 11.7 Å². The molecule has 2 unspecified atom stereocenters. The Bertz CT molecular complexity index is 969. The molecule has 0 aliphatic heterocycles. The number of aromatic nitrogens is 4. The predicted octanol–water partition coefficient (Wildman–Crippen LogP) is -2.38. The molecule has 0 aromatic carbocycles. The number of imidazole rings is 1. The van der Waals surface area contributed by atoms with Gasteiger partial charge in [0.05, 0.1) is 25.1 Å². The fraction of sp³-hybridized carbons (Fsp3) is 0.471. The van der Waals surface area contributed by atoms with Crippen LogP contribution in [0.3, 0.4) is 0 Å². The molecule has 2 aromatic rings. The highest BCUT2D eigenvalue weighted by Gasteiger charge is 2.55. The van der Waals surface area contributed by atoms with E-state index in [0.29, 0.717) is 5.69 Å². The molecule has 29 heavy (non-hydrogen) atoms. The van der Waals surface area contributed by atoms with E-state index in [0.717, 1.165) is 4.57 Å². The maximum Gasteiger partial charge on any atom is 0.350 e. The van der Waals surface area contributed by atoms with Gasteiger partial charge in [0.2, 0.25) is 0 Å². The first-order chi connectivity index (χ1) is 13.8. The summed E-state index contributed by atoms with van der Waals surface area (Å²) in [6, 6.07) is 2.25. The number of carbonyl (C=O) groups excluding carboxylic acids is 1. The summed E-state index contributed by atoms with van der Waals surface area (Å²) in [6.45, 7) is -0.283. The number of H-pyrrole nitrogens is 1. The van der Waals surface area contributed by atoms with Crippen LogP contribution in [0.4, 0.5) is 5.82 Å². The van der Waals surface area contributed by atoms with E-state index in [9.17, 15) is 25.1 Å². The highest BCUT2D eigenvalue weighted by atomic mass is 16.5. The number of esters is 1. The number of aromatic amines is 1. The van der Waals surface area contributed by atoms with Gasteiger partial charge < -0.3 is 31.4 Å². The molecule has 0 amide bonds. The van der Waals surface area contributed by atoms with Crippen molar-refractivity contribution in [1.29, 1.82) is 5.26 Å². The molecule has 1 aliphatic rings. The number of nitrogens with one attached hydrogen (secondary N) is 1. The molecule has 1 aliphatic carbocycles. The van der Waals surface area contributed by atoms with Gasteiger partial charge in [0, 0.05) is 30.4 Å². The van der Waals surface area contributed by atoms with Crippen molar-refractivity contribution < 1.29 is 19.7 Å². The lowest BCUT2D eigenvalue weighted by Crippen LogP contribution is -2.48. The second-order valence-electron chi connectivity index (χ2n) is 6.96. The molecular weight excluding hydrogens is 382 g/mol. The van der Waals surface area contributed by atoms with Crippen molar-refractivity contribution in [2.75, 3.05) is 12.3 Å². The van der Waals surface area contributed by atoms with Gasteiger partial charge in [-0.1, -0.05) is 0 Å². The number of carbonyl (C=O) groups is 1. The number of nitrogen functional groups attached to an aromatic ring is 1. The standard InChI is InChI=1S/C17H21N7O5/c18-7-17(24-2-1-12(20)23-16(24)28)4-9(13(25)14(17)26)6-29-15(27)11(19)3-10-5-21-8-22-10/h1-2,5,8-9,11,13-14,25-26H,3-4,6,19H2,(H,21,22)(H2,20,23,28)/t9-,11-,13?,14?,17+/m1/s1. The molecule has 2 aromatic heterocycles. The third-order valence-corrected chi connectivity index (χ3v) is 5.05. The number of aliphatic hydroxyl groups excluding tert-OH is 2. The average Bonchev–Trinajstić information content (AvgIpc) is 3.28. The molecule has 1 fully saturated rings. The lowest BCUT2D eigenvalue weighted by Gasteiger charge is -2.27. The predicted molar refractivity (Wildman–Crippen MR) is 97.8 cm³/mol. The van der Waals surface area contributed by atoms with Crippen LogP contribution >= 0.6 is 0 Å². The number of nitriles is 1. The van der Waals surface area contributed by atoms with E-state index in [1.165, 1.54) is 24.8 Å². The number of ether oxygens (including phenoxy) is 1. The summed E-state index contributed by atoms with van der Waals surface area (Å²) in [5.74, 6) is -1.54. The van der Waals surface area contributed by atoms with Gasteiger partial charge in [-0.05, 0) is 12.5 Å². The molecule has 12 heteroatoms. The maximum atomic E-state index is 12.2. The first-order valence-corrected chi connectivity index (χ1v) is 8.81. The minimum atomic E-state index is -1.77. The van der Waals surface area contributed by atoms with Crippen molar-refractivity contribution in [3.8, 4) is 6.07 Å². The Morgan fingerprint density at radius 3 is 2.93 bits per heavy atom. The Kier molecular flexibility index (Phi) is 5.64. The molecule has 0 radical (unpaired) electrons. The SMILES string of the molecule is N#C[C@@]1(n2ccc(N)nc2=O)C[C@H](COC(=O)[C@H](N)Cc2cnc[nH]2)C(O)C1O. The Labute approximate surface area is 164 Å². The fourth-order valence-electron chi connectivity index (χ4n) is 3.48. The van der Waals surface area contributed by atoms with Crippen molar-refractivity contribution in [1.82, 2.24) is 19.5 Å². The van der Waals surface area contributed by atoms with E-state index < -0.39 is 41.4 Å². The lowest BCUT2D eigenvalue weighted by molar-refractivity contribution is -0.147. The van der Waals surface area contributed by atoms with Gasteiger partial charge in [-0.2, -0.15) is 10.2 Å². The van der Waals surface area contributed by atoms with Crippen molar-refractivity contribution in [2.45, 2.75) is 36.6 Å². The molecule has 2 heterocycles. The van der Waals surface area contributed by atoms with Crippen LogP contribution in [0.15, 0.2) is 29.6 Å². The summed E-state index contributed by atoms with van der Waals surface area (Å²) >= 11 is 0. The summed E-state index contributed by atoms with van der Waals surface area (Å²) in [4.78, 5) is 34.5. The minimum Gasteiger partial charge on any atom is -0.464 e. The second-order valence-corrected chi connectivity index (χ2v) is 6.96. The lowest BCUT2D eigenvalue weighted by atomic mass is 9.95. The number of hydrogen-bond acceptors (Lipinski definition) is 10. The van der Waals surface area contributed by atoms with Gasteiger partial charge in [0.1, 0.15) is 18.0 Å². The monoisotopic (exact) mass is 403 g/mol. The van der Waals surface area contributed by atoms with E-state index in [1.807, 2.05) is 6.07 Å². The van der Waals surface area contributed by atoms with Crippen LogP contribution in [-0.4, -0.2) is 60.6 Å². The van der Waals surface area contributed by atoms with Crippen LogP contribution in [0.1, 0.15) is 12.1 Å². The smallest absolute Gasteiger partial charge is 0.350 e. The summed E-state index contributed by atoms with van der Waals surface area (Å²) < 4.78 is 6.11. The van der Waals surface area contributed by atoms with Gasteiger partial charge in [-0.15, -0.1) is 0 Å². The van der Waals surface area contributed by atoms with Gasteiger partial charge in [-0.25, -0.2) is 9.78 Å². The second kappa shape index (κ2) is 8.00. The first-order valence-electron chi connectivity index (χ1n) is 8.81. The summed E-state index contributed by atoms with van der Waals surface area (Å²) in [5.41, 5.74) is 9.32. The van der Waals surface area contributed by atoms with Crippen molar-refractivity contribution in [3.63, 3.8) is 0 Å². The van der Waals surface area contributed by atoms with Gasteiger partial charge in [0.15, 0.2) is 5.54 Å². The number of hydrogen-bond donors (Lipinski definition) is 5. The summed E-state index contributed by atoms with van der Waals surface area (Å²) in [6.07, 6.45) is 1.26. The third kappa shape index (κ3) is 3.83. The van der Waals surface area contributed by atoms with Crippen molar-refractivity contribution in [3.05, 3.63) is 41.0 Å². The molecule has 3 rings (SSSR count). The number of anilines is 1. The zero-order valence-corrected chi connectivity index (χ0v) is 15.3. The van der Waals surface area contributed by atoms with E-state index >= 15 is 0 Å². The molecule has 5 atom stereocenters. The van der Waals surface area contributed by atoms with Gasteiger partial charge >= 0.3 is 11.7 Å². The van der Waals surface area contributed by atoms with Crippen LogP contribution in [0.5, 0.6) is 0 Å². The molecule has 154 valence electrons. The molecule has 0 spiro atoms. The Hall–Kier alpha value is -3.27. The normalized spacial score (nSPS) is 27.3. The molecular formula is C17H21N7O5. The zero-order valence-electron chi connectivity index (χ0n) is 15.3. The van der Waals surface area contributed by atoms with E-state index in [-0.39, 0.29) is 25.3 Å². The third-order valence-electron chi connectivity index (χ3n) is 5.05. The Morgan fingerprint density at radius 2 is 2.31 bits per heavy atom. The Morgan fingerprint density at radius 1 is 1.55 bits per heavy atom. The highest BCUT2D eigenvalue weighted by Crippen LogP contribution is 2.40. The number of rotatable bonds is 6. The molecule has 0 bridgehead atoms. The summed E-state index contributed by atoms with van der Waals surface area (Å²) in [5, 5.41) is 30.6. The molecule has 12 nitrogen and oxygen atoms in total. The number of aliphatic hydroxyl groups is 2. The van der Waals surface area contributed by atoms with Gasteiger partial charge in [0.25, 0.3) is 0 Å². The Balaban J connectivity index is 1.71. The molecule has 0 saturated heterocycles. The minimum absolute atomic E-state index is 0.0379. The first kappa shape index (κ1) is 20.5. The van der Waals surface area contributed by atoms with Crippen LogP contribution < -0.4 is 17.2 Å². The topological polar surface area (TPSA) is 206 Å². The van der Waals surface area contributed by atoms with Crippen molar-refractivity contribution >= 4 is 11.8 Å². The van der Waals surface area contributed by atoms with E-state index in [4.69, 9.17) is 16.2 Å². The van der Waals surface area contributed by atoms with Crippen LogP contribution in [0, 0.1) is 17.2 Å². The highest BCUT2D eigenvalue weighted by molar-refractivity contribution is 5.75. The largest absolute Gasteiger partial charge is 0.464 e. The molecule has 1 saturated carbocycles. The summed E-state index contributed by atoms with van der Waals surface area (Å²) in [7, 11) is 0.